The van der Waals surface area contributed by atoms with Gasteiger partial charge in [0.15, 0.2) is 5.82 Å². The number of anilines is 1. The molecule has 4 heterocycles. The predicted molar refractivity (Wildman–Crippen MR) is 126 cm³/mol. The first-order valence-electron chi connectivity index (χ1n) is 10.4. The van der Waals surface area contributed by atoms with E-state index >= 15 is 0 Å². The minimum Gasteiger partial charge on any atom is -0.345 e. The van der Waals surface area contributed by atoms with Crippen LogP contribution in [0.25, 0.3) is 16.2 Å². The van der Waals surface area contributed by atoms with E-state index in [4.69, 9.17) is 9.51 Å². The van der Waals surface area contributed by atoms with Gasteiger partial charge in [0.05, 0.1) is 11.9 Å². The Morgan fingerprint density at radius 1 is 1.18 bits per heavy atom. The summed E-state index contributed by atoms with van der Waals surface area (Å²) in [7, 11) is 3.47. The smallest absolute Gasteiger partial charge is 0.276 e. The third-order valence-corrected chi connectivity index (χ3v) is 6.05. The van der Waals surface area contributed by atoms with Crippen molar-refractivity contribution in [2.75, 3.05) is 25.7 Å². The van der Waals surface area contributed by atoms with Crippen molar-refractivity contribution in [3.05, 3.63) is 60.0 Å². The van der Waals surface area contributed by atoms with Gasteiger partial charge in [0.1, 0.15) is 12.4 Å². The number of rotatable bonds is 5. The number of hydrogen-bond donors (Lipinski definition) is 0. The first-order chi connectivity index (χ1) is 15.9. The molecule has 0 radical (unpaired) electrons. The molecule has 1 aliphatic heterocycles. The lowest BCUT2D eigenvalue weighted by Gasteiger charge is -2.17. The van der Waals surface area contributed by atoms with Crippen LogP contribution in [0, 0.1) is 0 Å². The van der Waals surface area contributed by atoms with Crippen LogP contribution in [0.4, 0.5) is 5.13 Å². The number of allylic oxidation sites excluding steroid dienone is 1. The van der Waals surface area contributed by atoms with Gasteiger partial charge in [-0.1, -0.05) is 42.5 Å². The molecule has 3 aromatic heterocycles. The van der Waals surface area contributed by atoms with Crippen molar-refractivity contribution in [1.29, 1.82) is 0 Å². The first-order valence-corrected chi connectivity index (χ1v) is 11.2. The summed E-state index contributed by atoms with van der Waals surface area (Å²) in [6.45, 7) is 4.43. The van der Waals surface area contributed by atoms with Crippen LogP contribution < -0.4 is 4.90 Å². The molecule has 0 atom stereocenters. The number of aromatic nitrogens is 5. The topological polar surface area (TPSA) is 105 Å². The molecule has 5 rings (SSSR count). The summed E-state index contributed by atoms with van der Waals surface area (Å²) < 4.78 is 7.08. The number of carbonyl (C=O) groups is 1. The van der Waals surface area contributed by atoms with Crippen LogP contribution in [0.3, 0.4) is 0 Å². The van der Waals surface area contributed by atoms with Crippen molar-refractivity contribution in [3.8, 4) is 11.3 Å². The Bertz CT molecular complexity index is 1350. The lowest BCUT2D eigenvalue weighted by Crippen LogP contribution is -2.21. The molecule has 33 heavy (non-hydrogen) atoms. The van der Waals surface area contributed by atoms with Gasteiger partial charge >= 0.3 is 0 Å². The molecule has 10 nitrogen and oxygen atoms in total. The summed E-state index contributed by atoms with van der Waals surface area (Å²) in [5, 5.41) is 9.41. The van der Waals surface area contributed by atoms with E-state index in [1.165, 1.54) is 11.3 Å². The summed E-state index contributed by atoms with van der Waals surface area (Å²) >= 11 is 1.47. The molecular formula is C22H22N8O2S. The minimum atomic E-state index is -0.0291. The van der Waals surface area contributed by atoms with Gasteiger partial charge in [-0.2, -0.15) is 4.98 Å². The van der Waals surface area contributed by atoms with Crippen molar-refractivity contribution in [3.63, 3.8) is 0 Å². The van der Waals surface area contributed by atoms with Gasteiger partial charge in [-0.25, -0.2) is 9.50 Å². The zero-order chi connectivity index (χ0) is 23.1. The van der Waals surface area contributed by atoms with Gasteiger partial charge in [-0.05, 0) is 18.2 Å². The van der Waals surface area contributed by atoms with Crippen LogP contribution in [-0.4, -0.2) is 62.0 Å². The molecule has 1 aliphatic rings. The molecule has 1 amide bonds. The van der Waals surface area contributed by atoms with Crippen LogP contribution in [0.2, 0.25) is 0 Å². The van der Waals surface area contributed by atoms with Crippen LogP contribution in [0.5, 0.6) is 0 Å². The van der Waals surface area contributed by atoms with E-state index in [2.05, 4.69) is 20.2 Å². The van der Waals surface area contributed by atoms with Crippen LogP contribution in [0.1, 0.15) is 41.8 Å². The average Bonchev–Trinajstić information content (AvgIpc) is 3.54. The second-order valence-electron chi connectivity index (χ2n) is 8.10. The molecule has 0 saturated heterocycles. The van der Waals surface area contributed by atoms with Crippen LogP contribution in [0.15, 0.2) is 52.3 Å². The maximum absolute atomic E-state index is 12.1. The summed E-state index contributed by atoms with van der Waals surface area (Å²) in [6.07, 6.45) is 5.63. The summed E-state index contributed by atoms with van der Waals surface area (Å²) in [5.74, 6) is 1.26. The van der Waals surface area contributed by atoms with E-state index in [1.807, 2.05) is 61.5 Å². The maximum atomic E-state index is 12.1. The Hall–Kier alpha value is -3.86. The number of nitrogens with zero attached hydrogens (tertiary/aromatic N) is 8. The van der Waals surface area contributed by atoms with Gasteiger partial charge in [0, 0.05) is 37.3 Å². The van der Waals surface area contributed by atoms with Crippen LogP contribution in [-0.2, 0) is 0 Å². The zero-order valence-electron chi connectivity index (χ0n) is 18.6. The first kappa shape index (κ1) is 21.0. The summed E-state index contributed by atoms with van der Waals surface area (Å²) in [4.78, 5) is 30.0. The highest BCUT2D eigenvalue weighted by Crippen LogP contribution is 2.28. The van der Waals surface area contributed by atoms with Crippen LogP contribution >= 0.6 is 11.3 Å². The SMILES string of the molecule is CC(C)c1noc(C2=NCN(c3nn4cc(-c5ccc(C(=O)N(C)C)cc5)nc4s3)C=C2)n1. The third kappa shape index (κ3) is 4.02. The Balaban J connectivity index is 1.30. The number of hydrogen-bond acceptors (Lipinski definition) is 9. The summed E-state index contributed by atoms with van der Waals surface area (Å²) in [6, 6.07) is 7.42. The zero-order valence-corrected chi connectivity index (χ0v) is 19.4. The fourth-order valence-electron chi connectivity index (χ4n) is 3.24. The second-order valence-corrected chi connectivity index (χ2v) is 9.03. The highest BCUT2D eigenvalue weighted by molar-refractivity contribution is 7.20. The Morgan fingerprint density at radius 3 is 2.58 bits per heavy atom. The predicted octanol–water partition coefficient (Wildman–Crippen LogP) is 3.45. The average molecular weight is 463 g/mol. The van der Waals surface area contributed by atoms with Gasteiger partial charge in [-0.15, -0.1) is 5.10 Å². The van der Waals surface area contributed by atoms with Gasteiger partial charge < -0.3 is 14.3 Å². The number of amides is 1. The highest BCUT2D eigenvalue weighted by Gasteiger charge is 2.19. The molecular weight excluding hydrogens is 440 g/mol. The number of fused-ring (bicyclic) bond motifs is 1. The number of aliphatic imine (C=N–C) groups is 1. The van der Waals surface area contributed by atoms with E-state index in [-0.39, 0.29) is 11.8 Å². The Morgan fingerprint density at radius 2 is 1.97 bits per heavy atom. The van der Waals surface area contributed by atoms with Crippen molar-refractivity contribution in [2.24, 2.45) is 4.99 Å². The molecule has 0 N–H and O–H groups in total. The molecule has 0 bridgehead atoms. The quantitative estimate of drug-likeness (QED) is 0.447. The minimum absolute atomic E-state index is 0.0291. The highest BCUT2D eigenvalue weighted by atomic mass is 32.1. The van der Waals surface area contributed by atoms with E-state index in [9.17, 15) is 4.79 Å². The van der Waals surface area contributed by atoms with Crippen molar-refractivity contribution in [2.45, 2.75) is 19.8 Å². The lowest BCUT2D eigenvalue weighted by molar-refractivity contribution is 0.0827. The maximum Gasteiger partial charge on any atom is 0.276 e. The van der Waals surface area contributed by atoms with Gasteiger partial charge in [-0.3, -0.25) is 9.79 Å². The third-order valence-electron chi connectivity index (χ3n) is 5.10. The van der Waals surface area contributed by atoms with Gasteiger partial charge in [0.2, 0.25) is 10.1 Å². The fourth-order valence-corrected chi connectivity index (χ4v) is 4.09. The summed E-state index contributed by atoms with van der Waals surface area (Å²) in [5.41, 5.74) is 3.03. The van der Waals surface area contributed by atoms with Gasteiger partial charge in [0.25, 0.3) is 11.8 Å². The normalized spacial score (nSPS) is 13.7. The van der Waals surface area contributed by atoms with Crippen molar-refractivity contribution >= 4 is 33.0 Å². The molecule has 0 spiro atoms. The molecule has 11 heteroatoms. The van der Waals surface area contributed by atoms with Crippen molar-refractivity contribution < 1.29 is 9.32 Å². The van der Waals surface area contributed by atoms with E-state index in [0.717, 1.165) is 21.3 Å². The number of imidazole rings is 1. The lowest BCUT2D eigenvalue weighted by atomic mass is 10.1. The Kier molecular flexibility index (Phi) is 5.25. The number of carbonyl (C=O) groups excluding carboxylic acids is 1. The molecule has 1 aromatic carbocycles. The van der Waals surface area contributed by atoms with E-state index in [0.29, 0.717) is 29.7 Å². The molecule has 168 valence electrons. The molecule has 0 unspecified atom stereocenters. The largest absolute Gasteiger partial charge is 0.345 e. The molecule has 0 aliphatic carbocycles. The Labute approximate surface area is 193 Å². The molecule has 4 aromatic rings. The monoisotopic (exact) mass is 462 g/mol. The second kappa shape index (κ2) is 8.24. The van der Waals surface area contributed by atoms with E-state index in [1.54, 1.807) is 23.5 Å². The van der Waals surface area contributed by atoms with E-state index < -0.39 is 0 Å². The standard InChI is InChI=1S/C22H22N8O2S/c1-13(2)18-25-19(32-27-18)16-9-10-29(12-23-16)22-26-30-11-17(24-21(30)33-22)14-5-7-15(8-6-14)20(31)28(3)4/h5-11,13H,12H2,1-4H3. The molecule has 0 fully saturated rings. The molecule has 0 saturated carbocycles. The fraction of sp³-hybridized carbons (Fsp3) is 0.273. The van der Waals surface area contributed by atoms with Crippen molar-refractivity contribution in [1.82, 2.24) is 29.6 Å². The number of benzene rings is 1.